The largest absolute Gasteiger partial charge is 0.491 e. The van der Waals surface area contributed by atoms with Gasteiger partial charge >= 0.3 is 0 Å². The minimum Gasteiger partial charge on any atom is -0.491 e. The zero-order valence-corrected chi connectivity index (χ0v) is 13.4. The fraction of sp³-hybridized carbons (Fsp3) is 0.600. The average Bonchev–Trinajstić information content (AvgIpc) is 2.31. The minimum absolute atomic E-state index is 0.267. The van der Waals surface area contributed by atoms with Crippen LogP contribution in [-0.2, 0) is 0 Å². The number of halogens is 1. The lowest BCUT2D eigenvalue weighted by Gasteiger charge is -2.16. The van der Waals surface area contributed by atoms with E-state index in [2.05, 4.69) is 61.1 Å². The van der Waals surface area contributed by atoms with E-state index in [-0.39, 0.29) is 6.10 Å². The van der Waals surface area contributed by atoms with Crippen LogP contribution in [-0.4, -0.2) is 19.2 Å². The van der Waals surface area contributed by atoms with E-state index < -0.39 is 0 Å². The lowest BCUT2D eigenvalue weighted by atomic mass is 10.1. The van der Waals surface area contributed by atoms with E-state index in [9.17, 15) is 0 Å². The van der Waals surface area contributed by atoms with Crippen molar-refractivity contribution in [3.63, 3.8) is 0 Å². The van der Waals surface area contributed by atoms with Gasteiger partial charge in [-0.05, 0) is 70.0 Å². The van der Waals surface area contributed by atoms with E-state index in [4.69, 9.17) is 4.74 Å². The summed E-state index contributed by atoms with van der Waals surface area (Å²) in [7, 11) is 0. The lowest BCUT2D eigenvalue weighted by molar-refractivity contribution is 0.207. The molecular weight excluding hydrogens is 290 g/mol. The maximum absolute atomic E-state index is 5.96. The van der Waals surface area contributed by atoms with Crippen LogP contribution in [0.4, 0.5) is 0 Å². The van der Waals surface area contributed by atoms with Crippen LogP contribution in [0.25, 0.3) is 0 Å². The topological polar surface area (TPSA) is 21.3 Å². The van der Waals surface area contributed by atoms with Gasteiger partial charge in [-0.1, -0.05) is 22.9 Å². The van der Waals surface area contributed by atoms with Crippen LogP contribution in [0.3, 0.4) is 0 Å². The van der Waals surface area contributed by atoms with Crippen molar-refractivity contribution in [3.05, 3.63) is 27.7 Å². The molecule has 0 aliphatic rings. The summed E-state index contributed by atoms with van der Waals surface area (Å²) in [6.07, 6.45) is 2.51. The third-order valence-corrected chi connectivity index (χ3v) is 4.21. The lowest BCUT2D eigenvalue weighted by Crippen LogP contribution is -2.18. The number of nitrogens with one attached hydrogen (secondary N) is 1. The number of ether oxygens (including phenoxy) is 1. The summed E-state index contributed by atoms with van der Waals surface area (Å²) >= 11 is 3.57. The molecule has 1 aromatic carbocycles. The molecular formula is C15H24BrNO. The van der Waals surface area contributed by atoms with Crippen LogP contribution in [0.5, 0.6) is 5.75 Å². The van der Waals surface area contributed by atoms with Crippen LogP contribution in [0, 0.1) is 13.8 Å². The van der Waals surface area contributed by atoms with Gasteiger partial charge in [0.2, 0.25) is 0 Å². The van der Waals surface area contributed by atoms with Crippen molar-refractivity contribution in [1.82, 2.24) is 5.32 Å². The summed E-state index contributed by atoms with van der Waals surface area (Å²) in [5.41, 5.74) is 2.45. The maximum Gasteiger partial charge on any atom is 0.120 e. The Morgan fingerprint density at radius 3 is 2.44 bits per heavy atom. The fourth-order valence-electron chi connectivity index (χ4n) is 1.96. The molecule has 1 aromatic rings. The van der Waals surface area contributed by atoms with E-state index in [0.717, 1.165) is 31.7 Å². The van der Waals surface area contributed by atoms with E-state index in [1.54, 1.807) is 0 Å². The van der Waals surface area contributed by atoms with Crippen LogP contribution in [0.1, 0.15) is 37.8 Å². The van der Waals surface area contributed by atoms with Gasteiger partial charge in [0.1, 0.15) is 5.75 Å². The Morgan fingerprint density at radius 2 is 1.89 bits per heavy atom. The van der Waals surface area contributed by atoms with Crippen molar-refractivity contribution in [3.8, 4) is 5.75 Å². The predicted molar refractivity (Wildman–Crippen MR) is 81.5 cm³/mol. The molecule has 0 fully saturated rings. The van der Waals surface area contributed by atoms with Crippen molar-refractivity contribution in [2.24, 2.45) is 0 Å². The van der Waals surface area contributed by atoms with E-state index >= 15 is 0 Å². The summed E-state index contributed by atoms with van der Waals surface area (Å²) < 4.78 is 7.14. The second kappa shape index (κ2) is 7.80. The van der Waals surface area contributed by atoms with Crippen LogP contribution < -0.4 is 10.1 Å². The van der Waals surface area contributed by atoms with Crippen molar-refractivity contribution >= 4 is 15.9 Å². The molecule has 0 heterocycles. The molecule has 0 saturated heterocycles. The monoisotopic (exact) mass is 313 g/mol. The number of rotatable bonds is 7. The first-order valence-electron chi connectivity index (χ1n) is 6.68. The molecule has 18 heavy (non-hydrogen) atoms. The Labute approximate surface area is 119 Å². The molecule has 0 saturated carbocycles. The first-order valence-corrected chi connectivity index (χ1v) is 7.48. The number of benzene rings is 1. The highest BCUT2D eigenvalue weighted by Gasteiger charge is 2.07. The Hall–Kier alpha value is -0.540. The first-order chi connectivity index (χ1) is 8.54. The molecule has 1 rings (SSSR count). The van der Waals surface area contributed by atoms with Crippen molar-refractivity contribution in [2.45, 2.75) is 46.6 Å². The molecule has 0 bridgehead atoms. The molecule has 0 amide bonds. The Kier molecular flexibility index (Phi) is 6.72. The van der Waals surface area contributed by atoms with Gasteiger partial charge in [-0.3, -0.25) is 0 Å². The summed E-state index contributed by atoms with van der Waals surface area (Å²) in [5, 5.41) is 3.33. The highest BCUT2D eigenvalue weighted by atomic mass is 79.9. The second-order valence-electron chi connectivity index (χ2n) is 4.80. The summed E-state index contributed by atoms with van der Waals surface area (Å²) in [6.45, 7) is 10.6. The van der Waals surface area contributed by atoms with Gasteiger partial charge in [-0.15, -0.1) is 0 Å². The molecule has 2 nitrogen and oxygen atoms in total. The van der Waals surface area contributed by atoms with Gasteiger partial charge in [0.05, 0.1) is 6.10 Å². The number of aryl methyl sites for hydroxylation is 2. The molecule has 0 aliphatic carbocycles. The SMILES string of the molecule is CCNCCCC(C)Oc1cc(C)c(Br)c(C)c1. The molecule has 1 N–H and O–H groups in total. The van der Waals surface area contributed by atoms with Gasteiger partial charge in [-0.25, -0.2) is 0 Å². The Morgan fingerprint density at radius 1 is 1.28 bits per heavy atom. The number of hydrogen-bond donors (Lipinski definition) is 1. The van der Waals surface area contributed by atoms with E-state index in [0.29, 0.717) is 0 Å². The van der Waals surface area contributed by atoms with Crippen LogP contribution in [0.2, 0.25) is 0 Å². The van der Waals surface area contributed by atoms with Gasteiger partial charge < -0.3 is 10.1 Å². The predicted octanol–water partition coefficient (Wildman–Crippen LogP) is 4.22. The van der Waals surface area contributed by atoms with Crippen LogP contribution >= 0.6 is 15.9 Å². The first kappa shape index (κ1) is 15.5. The zero-order chi connectivity index (χ0) is 13.5. The van der Waals surface area contributed by atoms with Crippen molar-refractivity contribution in [1.29, 1.82) is 0 Å². The summed E-state index contributed by atoms with van der Waals surface area (Å²) in [6, 6.07) is 4.19. The Balaban J connectivity index is 2.46. The van der Waals surface area contributed by atoms with Crippen molar-refractivity contribution in [2.75, 3.05) is 13.1 Å². The normalized spacial score (nSPS) is 12.5. The maximum atomic E-state index is 5.96. The van der Waals surface area contributed by atoms with E-state index in [1.165, 1.54) is 15.6 Å². The van der Waals surface area contributed by atoms with Crippen LogP contribution in [0.15, 0.2) is 16.6 Å². The smallest absolute Gasteiger partial charge is 0.120 e. The second-order valence-corrected chi connectivity index (χ2v) is 5.59. The van der Waals surface area contributed by atoms with E-state index in [1.807, 2.05) is 0 Å². The minimum atomic E-state index is 0.267. The highest BCUT2D eigenvalue weighted by molar-refractivity contribution is 9.10. The average molecular weight is 314 g/mol. The standard InChI is InChI=1S/C15H24BrNO/c1-5-17-8-6-7-13(4)18-14-9-11(2)15(16)12(3)10-14/h9-10,13,17H,5-8H2,1-4H3. The molecule has 0 aromatic heterocycles. The molecule has 0 spiro atoms. The van der Waals surface area contributed by atoms with Gasteiger partial charge in [-0.2, -0.15) is 0 Å². The van der Waals surface area contributed by atoms with Crippen molar-refractivity contribution < 1.29 is 4.74 Å². The third kappa shape index (κ3) is 4.99. The molecule has 0 aliphatic heterocycles. The third-order valence-electron chi connectivity index (χ3n) is 2.96. The zero-order valence-electron chi connectivity index (χ0n) is 11.8. The molecule has 0 radical (unpaired) electrons. The van der Waals surface area contributed by atoms with Gasteiger partial charge in [0.25, 0.3) is 0 Å². The molecule has 102 valence electrons. The fourth-order valence-corrected chi connectivity index (χ4v) is 2.19. The van der Waals surface area contributed by atoms with Gasteiger partial charge in [0.15, 0.2) is 0 Å². The summed E-state index contributed by atoms with van der Waals surface area (Å²) in [5.74, 6) is 0.976. The van der Waals surface area contributed by atoms with Gasteiger partial charge in [0, 0.05) is 4.47 Å². The molecule has 1 unspecified atom stereocenters. The molecule has 1 atom stereocenters. The Bertz CT molecular complexity index is 356. The quantitative estimate of drug-likeness (QED) is 0.761. The summed E-state index contributed by atoms with van der Waals surface area (Å²) in [4.78, 5) is 0. The molecule has 3 heteroatoms. The highest BCUT2D eigenvalue weighted by Crippen LogP contribution is 2.27. The number of hydrogen-bond acceptors (Lipinski definition) is 2.